The Morgan fingerprint density at radius 2 is 1.67 bits per heavy atom. The van der Waals surface area contributed by atoms with Crippen molar-refractivity contribution in [2.75, 3.05) is 0 Å². The van der Waals surface area contributed by atoms with Crippen LogP contribution in [0.3, 0.4) is 0 Å². The van der Waals surface area contributed by atoms with Gasteiger partial charge in [-0.1, -0.05) is 0 Å². The molecule has 1 aromatic rings. The SMILES string of the molecule is Oc1cc[c-]cc1.[W].[Y]. The van der Waals surface area contributed by atoms with Gasteiger partial charge >= 0.3 is 0 Å². The van der Waals surface area contributed by atoms with Gasteiger partial charge in [-0.15, -0.1) is 12.1 Å². The molecule has 1 aromatic carbocycles. The average molecular weight is 366 g/mol. The number of aromatic hydroxyl groups is 1. The molecule has 0 bridgehead atoms. The van der Waals surface area contributed by atoms with Crippen molar-refractivity contribution in [3.05, 3.63) is 30.3 Å². The maximum atomic E-state index is 8.61. The first kappa shape index (κ1) is 12.5. The maximum Gasteiger partial charge on any atom is 0.00821 e. The normalized spacial score (nSPS) is 6.67. The van der Waals surface area contributed by atoms with E-state index in [4.69, 9.17) is 5.11 Å². The second kappa shape index (κ2) is 6.93. The molecule has 0 unspecified atom stereocenters. The van der Waals surface area contributed by atoms with Crippen molar-refractivity contribution in [3.8, 4) is 5.75 Å². The van der Waals surface area contributed by atoms with Crippen molar-refractivity contribution in [2.24, 2.45) is 0 Å². The number of phenols is 1. The largest absolute Gasteiger partial charge is 0.533 e. The molecule has 9 heavy (non-hydrogen) atoms. The third kappa shape index (κ3) is 5.27. The van der Waals surface area contributed by atoms with Gasteiger partial charge in [0.2, 0.25) is 0 Å². The molecule has 0 aromatic heterocycles. The summed E-state index contributed by atoms with van der Waals surface area (Å²) in [7, 11) is 0. The van der Waals surface area contributed by atoms with Gasteiger partial charge in [-0.2, -0.15) is 18.2 Å². The molecule has 0 aliphatic carbocycles. The van der Waals surface area contributed by atoms with E-state index in [1.54, 1.807) is 24.3 Å². The molecule has 45 valence electrons. The van der Waals surface area contributed by atoms with Crippen molar-refractivity contribution in [3.63, 3.8) is 0 Å². The van der Waals surface area contributed by atoms with E-state index in [0.29, 0.717) is 5.75 Å². The van der Waals surface area contributed by atoms with Crippen LogP contribution in [0, 0.1) is 6.07 Å². The molecule has 0 aliphatic heterocycles. The van der Waals surface area contributed by atoms with Gasteiger partial charge in [0.1, 0.15) is 0 Å². The first-order valence-electron chi connectivity index (χ1n) is 2.04. The minimum absolute atomic E-state index is 0. The Kier molecular flexibility index (Phi) is 9.61. The summed E-state index contributed by atoms with van der Waals surface area (Å²) >= 11 is 0. The van der Waals surface area contributed by atoms with Crippen LogP contribution in [0.5, 0.6) is 5.75 Å². The van der Waals surface area contributed by atoms with Crippen LogP contribution in [-0.2, 0) is 53.8 Å². The molecule has 1 N–H and O–H groups in total. The standard InChI is InChI=1S/C6H5O.W.Y/c7-6-4-2-1-3-5-6;;/h2-5,7H;;/q-1;;. The molecular weight excluding hydrogens is 361 g/mol. The van der Waals surface area contributed by atoms with Gasteiger partial charge < -0.3 is 5.11 Å². The summed E-state index contributed by atoms with van der Waals surface area (Å²) in [4.78, 5) is 0. The van der Waals surface area contributed by atoms with Crippen molar-refractivity contribution in [1.29, 1.82) is 0 Å². The molecule has 3 heteroatoms. The van der Waals surface area contributed by atoms with Crippen LogP contribution in [0.15, 0.2) is 24.3 Å². The number of benzene rings is 1. The minimum Gasteiger partial charge on any atom is -0.533 e. The fourth-order valence-electron chi connectivity index (χ4n) is 0.378. The fraction of sp³-hybridized carbons (Fsp3) is 0. The van der Waals surface area contributed by atoms with Gasteiger partial charge in [-0.05, 0) is 0 Å². The van der Waals surface area contributed by atoms with Crippen molar-refractivity contribution >= 4 is 0 Å². The van der Waals surface area contributed by atoms with Crippen molar-refractivity contribution in [1.82, 2.24) is 0 Å². The van der Waals surface area contributed by atoms with E-state index in [0.717, 1.165) is 0 Å². The van der Waals surface area contributed by atoms with Crippen LogP contribution in [0.4, 0.5) is 0 Å². The molecule has 0 heterocycles. The van der Waals surface area contributed by atoms with Crippen LogP contribution < -0.4 is 0 Å². The van der Waals surface area contributed by atoms with Crippen LogP contribution >= 0.6 is 0 Å². The van der Waals surface area contributed by atoms with E-state index in [1.165, 1.54) is 0 Å². The summed E-state index contributed by atoms with van der Waals surface area (Å²) in [6.45, 7) is 0. The summed E-state index contributed by atoms with van der Waals surface area (Å²) in [5, 5.41) is 8.61. The molecule has 0 saturated heterocycles. The summed E-state index contributed by atoms with van der Waals surface area (Å²) in [6, 6.07) is 9.26. The average Bonchev–Trinajstić information content (AvgIpc) is 1.69. The van der Waals surface area contributed by atoms with Gasteiger partial charge in [-0.25, -0.2) is 0 Å². The Labute approximate surface area is 94.0 Å². The quantitative estimate of drug-likeness (QED) is 0.685. The minimum atomic E-state index is 0. The van der Waals surface area contributed by atoms with E-state index in [-0.39, 0.29) is 53.8 Å². The van der Waals surface area contributed by atoms with Gasteiger partial charge in [0.15, 0.2) is 0 Å². The predicted molar refractivity (Wildman–Crippen MR) is 26.9 cm³/mol. The van der Waals surface area contributed by atoms with Crippen LogP contribution in [0.2, 0.25) is 0 Å². The van der Waals surface area contributed by atoms with Crippen molar-refractivity contribution < 1.29 is 58.9 Å². The third-order valence-corrected chi connectivity index (χ3v) is 0.701. The summed E-state index contributed by atoms with van der Waals surface area (Å²) in [6.07, 6.45) is 0. The Morgan fingerprint density at radius 1 is 1.22 bits per heavy atom. The van der Waals surface area contributed by atoms with E-state index in [2.05, 4.69) is 6.07 Å². The van der Waals surface area contributed by atoms with Crippen LogP contribution in [0.25, 0.3) is 0 Å². The predicted octanol–water partition coefficient (Wildman–Crippen LogP) is 1.19. The zero-order valence-corrected chi connectivity index (χ0v) is 10.5. The van der Waals surface area contributed by atoms with E-state index < -0.39 is 0 Å². The maximum absolute atomic E-state index is 8.61. The molecule has 1 nitrogen and oxygen atoms in total. The fourth-order valence-corrected chi connectivity index (χ4v) is 0.378. The molecule has 0 atom stereocenters. The van der Waals surface area contributed by atoms with Gasteiger partial charge in [0.05, 0.1) is 0 Å². The number of hydrogen-bond acceptors (Lipinski definition) is 1. The Balaban J connectivity index is 0. The zero-order valence-electron chi connectivity index (χ0n) is 4.74. The second-order valence-electron chi connectivity index (χ2n) is 1.26. The van der Waals surface area contributed by atoms with E-state index >= 15 is 0 Å². The molecule has 1 rings (SSSR count). The molecule has 0 spiro atoms. The topological polar surface area (TPSA) is 20.2 Å². The smallest absolute Gasteiger partial charge is 0.00821 e. The molecular formula is C6H5OWY-. The van der Waals surface area contributed by atoms with E-state index in [9.17, 15) is 0 Å². The number of hydrogen-bond donors (Lipinski definition) is 1. The zero-order chi connectivity index (χ0) is 5.11. The van der Waals surface area contributed by atoms with Crippen LogP contribution in [-0.4, -0.2) is 5.11 Å². The molecule has 1 radical (unpaired) electrons. The van der Waals surface area contributed by atoms with Gasteiger partial charge in [0.25, 0.3) is 0 Å². The van der Waals surface area contributed by atoms with E-state index in [1.807, 2.05) is 0 Å². The second-order valence-corrected chi connectivity index (χ2v) is 1.26. The monoisotopic (exact) mass is 366 g/mol. The number of phenolic OH excluding ortho intramolecular Hbond substituents is 1. The van der Waals surface area contributed by atoms with Crippen LogP contribution in [0.1, 0.15) is 0 Å². The first-order valence-corrected chi connectivity index (χ1v) is 2.04. The molecule has 0 fully saturated rings. The summed E-state index contributed by atoms with van der Waals surface area (Å²) in [5.41, 5.74) is 0. The third-order valence-electron chi connectivity index (χ3n) is 0.701. The first-order chi connectivity index (χ1) is 3.39. The van der Waals surface area contributed by atoms with Gasteiger partial charge in [-0.3, -0.25) is 0 Å². The Morgan fingerprint density at radius 3 is 1.89 bits per heavy atom. The molecule has 0 saturated carbocycles. The Hall–Kier alpha value is 0.812. The number of rotatable bonds is 0. The molecule has 0 amide bonds. The van der Waals surface area contributed by atoms with Crippen molar-refractivity contribution in [2.45, 2.75) is 0 Å². The molecule has 0 aliphatic rings. The Bertz CT molecular complexity index is 143. The summed E-state index contributed by atoms with van der Waals surface area (Å²) < 4.78 is 0. The summed E-state index contributed by atoms with van der Waals surface area (Å²) in [5.74, 6) is 0.291. The van der Waals surface area contributed by atoms with Gasteiger partial charge in [0, 0.05) is 59.5 Å².